The van der Waals surface area contributed by atoms with Crippen LogP contribution in [0.2, 0.25) is 0 Å². The summed E-state index contributed by atoms with van der Waals surface area (Å²) < 4.78 is 1.79. The van der Waals surface area contributed by atoms with E-state index in [1.54, 1.807) is 16.8 Å². The maximum atomic E-state index is 11.9. The first-order chi connectivity index (χ1) is 12.6. The molecule has 1 amide bonds. The van der Waals surface area contributed by atoms with E-state index < -0.39 is 0 Å². The summed E-state index contributed by atoms with van der Waals surface area (Å²) in [6, 6.07) is 12.9. The number of nitrogens with one attached hydrogen (secondary N) is 2. The van der Waals surface area contributed by atoms with Gasteiger partial charge in [0.15, 0.2) is 5.82 Å². The summed E-state index contributed by atoms with van der Waals surface area (Å²) in [6.07, 6.45) is 0. The van der Waals surface area contributed by atoms with Crippen molar-refractivity contribution in [2.24, 2.45) is 0 Å². The number of amides is 1. The van der Waals surface area contributed by atoms with Crippen LogP contribution in [-0.4, -0.2) is 39.0 Å². The second-order valence-corrected chi connectivity index (χ2v) is 6.03. The third-order valence-corrected chi connectivity index (χ3v) is 4.27. The summed E-state index contributed by atoms with van der Waals surface area (Å²) in [4.78, 5) is 11.9. The van der Waals surface area contributed by atoms with Crippen LogP contribution in [0, 0.1) is 20.8 Å². The smallest absolute Gasteiger partial charge is 0.251 e. The minimum atomic E-state index is -0.0891. The molecule has 7 heteroatoms. The predicted molar refractivity (Wildman–Crippen MR) is 101 cm³/mol. The molecule has 0 atom stereocenters. The number of aryl methyl sites for hydroxylation is 1. The standard InChI is InChI=1S/C19H22N6O/c1-13-14(2)24-25(15(13)3)18-10-9-17(22-23-18)20-11-12-21-19(26)16-7-5-4-6-8-16/h4-10H,11-12H2,1-3H3,(H,20,22)(H,21,26). The van der Waals surface area contributed by atoms with Gasteiger partial charge in [-0.15, -0.1) is 10.2 Å². The summed E-state index contributed by atoms with van der Waals surface area (Å²) in [6.45, 7) is 7.09. The van der Waals surface area contributed by atoms with Gasteiger partial charge in [0.2, 0.25) is 0 Å². The zero-order valence-electron chi connectivity index (χ0n) is 15.2. The lowest BCUT2D eigenvalue weighted by atomic mass is 10.2. The van der Waals surface area contributed by atoms with E-state index in [2.05, 4.69) is 25.9 Å². The average molecular weight is 350 g/mol. The molecule has 3 aromatic rings. The molecular formula is C19H22N6O. The molecule has 0 radical (unpaired) electrons. The van der Waals surface area contributed by atoms with Gasteiger partial charge in [-0.1, -0.05) is 18.2 Å². The third-order valence-electron chi connectivity index (χ3n) is 4.27. The van der Waals surface area contributed by atoms with E-state index in [0.29, 0.717) is 30.3 Å². The molecular weight excluding hydrogens is 328 g/mol. The van der Waals surface area contributed by atoms with Crippen LogP contribution in [0.4, 0.5) is 5.82 Å². The van der Waals surface area contributed by atoms with Gasteiger partial charge in [-0.3, -0.25) is 4.79 Å². The molecule has 2 heterocycles. The lowest BCUT2D eigenvalue weighted by molar-refractivity contribution is 0.0955. The molecule has 0 aliphatic carbocycles. The van der Waals surface area contributed by atoms with Crippen LogP contribution in [0.3, 0.4) is 0 Å². The molecule has 134 valence electrons. The SMILES string of the molecule is Cc1nn(-c2ccc(NCCNC(=O)c3ccccc3)nn2)c(C)c1C. The largest absolute Gasteiger partial charge is 0.367 e. The summed E-state index contributed by atoms with van der Waals surface area (Å²) in [7, 11) is 0. The van der Waals surface area contributed by atoms with E-state index in [-0.39, 0.29) is 5.91 Å². The predicted octanol–water partition coefficient (Wildman–Crippen LogP) is 2.43. The highest BCUT2D eigenvalue weighted by atomic mass is 16.1. The van der Waals surface area contributed by atoms with E-state index in [9.17, 15) is 4.79 Å². The van der Waals surface area contributed by atoms with Crippen LogP contribution < -0.4 is 10.6 Å². The van der Waals surface area contributed by atoms with E-state index in [1.807, 2.05) is 51.1 Å². The Bertz CT molecular complexity index is 886. The van der Waals surface area contributed by atoms with Crippen LogP contribution in [0.5, 0.6) is 0 Å². The summed E-state index contributed by atoms with van der Waals surface area (Å²) >= 11 is 0. The quantitative estimate of drug-likeness (QED) is 0.667. The number of benzene rings is 1. The van der Waals surface area contributed by atoms with E-state index in [4.69, 9.17) is 0 Å². The molecule has 0 spiro atoms. The fraction of sp³-hybridized carbons (Fsp3) is 0.263. The molecule has 0 aliphatic heterocycles. The van der Waals surface area contributed by atoms with Crippen molar-refractivity contribution < 1.29 is 4.79 Å². The van der Waals surface area contributed by atoms with Crippen LogP contribution in [0.15, 0.2) is 42.5 Å². The molecule has 26 heavy (non-hydrogen) atoms. The molecule has 7 nitrogen and oxygen atoms in total. The highest BCUT2D eigenvalue weighted by Crippen LogP contribution is 2.15. The van der Waals surface area contributed by atoms with Crippen molar-refractivity contribution in [2.45, 2.75) is 20.8 Å². The number of anilines is 1. The van der Waals surface area contributed by atoms with Gasteiger partial charge >= 0.3 is 0 Å². The van der Waals surface area contributed by atoms with Gasteiger partial charge in [0.1, 0.15) is 5.82 Å². The number of hydrogen-bond donors (Lipinski definition) is 2. The maximum absolute atomic E-state index is 11.9. The molecule has 3 rings (SSSR count). The molecule has 0 fully saturated rings. The third kappa shape index (κ3) is 3.88. The number of carbonyl (C=O) groups is 1. The van der Waals surface area contributed by atoms with E-state index in [1.165, 1.54) is 0 Å². The molecule has 0 aliphatic rings. The second kappa shape index (κ2) is 7.77. The number of aromatic nitrogens is 4. The lowest BCUT2D eigenvalue weighted by Gasteiger charge is -2.08. The van der Waals surface area contributed by atoms with E-state index >= 15 is 0 Å². The minimum absolute atomic E-state index is 0.0891. The van der Waals surface area contributed by atoms with Crippen molar-refractivity contribution in [1.29, 1.82) is 0 Å². The van der Waals surface area contributed by atoms with Gasteiger partial charge in [0, 0.05) is 24.3 Å². The minimum Gasteiger partial charge on any atom is -0.367 e. The number of carbonyl (C=O) groups excluding carboxylic acids is 1. The first-order valence-corrected chi connectivity index (χ1v) is 8.50. The maximum Gasteiger partial charge on any atom is 0.251 e. The Balaban J connectivity index is 1.52. The Morgan fingerprint density at radius 1 is 1.00 bits per heavy atom. The van der Waals surface area contributed by atoms with Gasteiger partial charge in [0.05, 0.1) is 5.69 Å². The highest BCUT2D eigenvalue weighted by molar-refractivity contribution is 5.94. The fourth-order valence-electron chi connectivity index (χ4n) is 2.53. The number of hydrogen-bond acceptors (Lipinski definition) is 5. The summed E-state index contributed by atoms with van der Waals surface area (Å²) in [5.41, 5.74) is 3.85. The molecule has 1 aromatic carbocycles. The van der Waals surface area contributed by atoms with Crippen molar-refractivity contribution in [1.82, 2.24) is 25.3 Å². The van der Waals surface area contributed by atoms with Gasteiger partial charge < -0.3 is 10.6 Å². The van der Waals surface area contributed by atoms with Crippen molar-refractivity contribution in [3.63, 3.8) is 0 Å². The summed E-state index contributed by atoms with van der Waals surface area (Å²) in [5, 5.41) is 18.9. The molecule has 0 saturated carbocycles. The Morgan fingerprint density at radius 3 is 2.38 bits per heavy atom. The van der Waals surface area contributed by atoms with Gasteiger partial charge in [-0.25, -0.2) is 4.68 Å². The Hall–Kier alpha value is -3.22. The Morgan fingerprint density at radius 2 is 1.77 bits per heavy atom. The second-order valence-electron chi connectivity index (χ2n) is 6.03. The first kappa shape index (κ1) is 17.6. The number of rotatable bonds is 6. The fourth-order valence-corrected chi connectivity index (χ4v) is 2.53. The zero-order valence-corrected chi connectivity index (χ0v) is 15.2. The molecule has 2 aromatic heterocycles. The van der Waals surface area contributed by atoms with Crippen LogP contribution in [0.1, 0.15) is 27.3 Å². The van der Waals surface area contributed by atoms with Gasteiger partial charge in [-0.2, -0.15) is 5.10 Å². The molecule has 2 N–H and O–H groups in total. The van der Waals surface area contributed by atoms with Crippen molar-refractivity contribution in [3.8, 4) is 5.82 Å². The lowest BCUT2D eigenvalue weighted by Crippen LogP contribution is -2.28. The van der Waals surface area contributed by atoms with Crippen LogP contribution in [0.25, 0.3) is 5.82 Å². The summed E-state index contributed by atoms with van der Waals surface area (Å²) in [5.74, 6) is 1.25. The number of nitrogens with zero attached hydrogens (tertiary/aromatic N) is 4. The molecule has 0 bridgehead atoms. The Kier molecular flexibility index (Phi) is 5.26. The topological polar surface area (TPSA) is 84.7 Å². The Labute approximate surface area is 152 Å². The molecule has 0 unspecified atom stereocenters. The highest BCUT2D eigenvalue weighted by Gasteiger charge is 2.10. The van der Waals surface area contributed by atoms with Crippen molar-refractivity contribution in [3.05, 3.63) is 65.0 Å². The normalized spacial score (nSPS) is 10.6. The van der Waals surface area contributed by atoms with E-state index in [0.717, 1.165) is 17.0 Å². The van der Waals surface area contributed by atoms with Crippen LogP contribution >= 0.6 is 0 Å². The van der Waals surface area contributed by atoms with Crippen molar-refractivity contribution in [2.75, 3.05) is 18.4 Å². The molecule has 0 saturated heterocycles. The average Bonchev–Trinajstić information content (AvgIpc) is 2.93. The zero-order chi connectivity index (χ0) is 18.5. The first-order valence-electron chi connectivity index (χ1n) is 8.50. The monoisotopic (exact) mass is 350 g/mol. The van der Waals surface area contributed by atoms with Gasteiger partial charge in [-0.05, 0) is 50.6 Å². The van der Waals surface area contributed by atoms with Crippen LogP contribution in [-0.2, 0) is 0 Å². The van der Waals surface area contributed by atoms with Gasteiger partial charge in [0.25, 0.3) is 5.91 Å². The van der Waals surface area contributed by atoms with Crippen molar-refractivity contribution >= 4 is 11.7 Å².